The minimum absolute atomic E-state index is 0.0783. The van der Waals surface area contributed by atoms with E-state index in [1.165, 1.54) is 0 Å². The number of likely N-dealkylation sites (tertiary alicyclic amines) is 1. The number of ether oxygens (including phenoxy) is 1. The summed E-state index contributed by atoms with van der Waals surface area (Å²) in [5, 5.41) is 8.78. The van der Waals surface area contributed by atoms with Crippen LogP contribution in [0.25, 0.3) is 0 Å². The molecule has 2 saturated heterocycles. The van der Waals surface area contributed by atoms with Crippen LogP contribution in [0, 0.1) is 0 Å². The summed E-state index contributed by atoms with van der Waals surface area (Å²) in [6, 6.07) is 0.110. The number of carbonyl (C=O) groups is 2. The maximum Gasteiger partial charge on any atom is 0.303 e. The molecule has 19 heavy (non-hydrogen) atoms. The Morgan fingerprint density at radius 2 is 2.05 bits per heavy atom. The quantitative estimate of drug-likeness (QED) is 0.826. The molecule has 1 amide bonds. The Morgan fingerprint density at radius 1 is 1.21 bits per heavy atom. The van der Waals surface area contributed by atoms with E-state index in [9.17, 15) is 9.59 Å². The second-order valence-corrected chi connectivity index (χ2v) is 5.51. The minimum atomic E-state index is -0.780. The van der Waals surface area contributed by atoms with Gasteiger partial charge in [0.25, 0.3) is 0 Å². The van der Waals surface area contributed by atoms with Crippen LogP contribution in [0.4, 0.5) is 0 Å². The van der Waals surface area contributed by atoms with Gasteiger partial charge >= 0.3 is 5.97 Å². The van der Waals surface area contributed by atoms with Crippen LogP contribution in [0.15, 0.2) is 0 Å². The van der Waals surface area contributed by atoms with Gasteiger partial charge in [0.05, 0.1) is 12.5 Å². The fourth-order valence-electron chi connectivity index (χ4n) is 3.04. The van der Waals surface area contributed by atoms with Crippen LogP contribution in [-0.4, -0.2) is 47.2 Å². The zero-order chi connectivity index (χ0) is 13.7. The van der Waals surface area contributed by atoms with Gasteiger partial charge in [-0.2, -0.15) is 0 Å². The van der Waals surface area contributed by atoms with Gasteiger partial charge in [0.1, 0.15) is 0 Å². The molecule has 0 bridgehead atoms. The second kappa shape index (κ2) is 6.89. The highest BCUT2D eigenvalue weighted by molar-refractivity contribution is 5.77. The lowest BCUT2D eigenvalue weighted by Gasteiger charge is -2.36. The third kappa shape index (κ3) is 4.20. The maximum atomic E-state index is 12.3. The molecule has 2 aliphatic heterocycles. The predicted molar refractivity (Wildman–Crippen MR) is 69.8 cm³/mol. The molecule has 2 fully saturated rings. The summed E-state index contributed by atoms with van der Waals surface area (Å²) in [5.74, 6) is -0.640. The maximum absolute atomic E-state index is 12.3. The molecule has 0 spiro atoms. The lowest BCUT2D eigenvalue weighted by molar-refractivity contribution is -0.141. The van der Waals surface area contributed by atoms with Gasteiger partial charge in [0.2, 0.25) is 5.91 Å². The summed E-state index contributed by atoms with van der Waals surface area (Å²) in [5.41, 5.74) is 0. The number of hydrogen-bond acceptors (Lipinski definition) is 3. The van der Waals surface area contributed by atoms with Gasteiger partial charge < -0.3 is 14.7 Å². The molecule has 2 rings (SSSR count). The lowest BCUT2D eigenvalue weighted by atomic mass is 9.97. The number of aliphatic carboxylic acids is 1. The lowest BCUT2D eigenvalue weighted by Crippen LogP contribution is -2.44. The Hall–Kier alpha value is -1.10. The van der Waals surface area contributed by atoms with Crippen LogP contribution < -0.4 is 0 Å². The average molecular weight is 269 g/mol. The predicted octanol–water partition coefficient (Wildman–Crippen LogP) is 1.80. The molecule has 0 unspecified atom stereocenters. The highest BCUT2D eigenvalue weighted by Crippen LogP contribution is 2.24. The zero-order valence-electron chi connectivity index (χ0n) is 11.3. The molecule has 5 heteroatoms. The molecule has 0 aromatic rings. The molecule has 0 radical (unpaired) electrons. The number of carbonyl (C=O) groups excluding carboxylic acids is 1. The van der Waals surface area contributed by atoms with E-state index in [0.717, 1.165) is 45.3 Å². The van der Waals surface area contributed by atoms with E-state index in [1.807, 2.05) is 4.90 Å². The largest absolute Gasteiger partial charge is 0.481 e. The number of hydrogen-bond donors (Lipinski definition) is 1. The van der Waals surface area contributed by atoms with Gasteiger partial charge in [-0.3, -0.25) is 9.59 Å². The molecule has 2 atom stereocenters. The van der Waals surface area contributed by atoms with Crippen molar-refractivity contribution >= 4 is 11.9 Å². The topological polar surface area (TPSA) is 66.8 Å². The first-order chi connectivity index (χ1) is 9.16. The number of piperidine rings is 1. The molecule has 2 heterocycles. The van der Waals surface area contributed by atoms with Crippen molar-refractivity contribution in [2.75, 3.05) is 13.2 Å². The highest BCUT2D eigenvalue weighted by Gasteiger charge is 2.29. The van der Waals surface area contributed by atoms with Crippen LogP contribution in [0.5, 0.6) is 0 Å². The first-order valence-electron chi connectivity index (χ1n) is 7.29. The van der Waals surface area contributed by atoms with Crippen molar-refractivity contribution in [3.05, 3.63) is 0 Å². The Bertz CT molecular complexity index is 325. The van der Waals surface area contributed by atoms with Gasteiger partial charge in [-0.15, -0.1) is 0 Å². The Balaban J connectivity index is 1.86. The van der Waals surface area contributed by atoms with Crippen LogP contribution in [0.1, 0.15) is 51.4 Å². The summed E-state index contributed by atoms with van der Waals surface area (Å²) >= 11 is 0. The van der Waals surface area contributed by atoms with E-state index in [2.05, 4.69) is 0 Å². The number of carboxylic acid groups (broad SMARTS) is 1. The normalized spacial score (nSPS) is 27.5. The summed E-state index contributed by atoms with van der Waals surface area (Å²) < 4.78 is 5.51. The molecule has 5 nitrogen and oxygen atoms in total. The molecule has 1 N–H and O–H groups in total. The molecular weight excluding hydrogens is 246 g/mol. The fraction of sp³-hybridized carbons (Fsp3) is 0.857. The average Bonchev–Trinajstić information content (AvgIpc) is 2.89. The van der Waals surface area contributed by atoms with Crippen LogP contribution in [0.2, 0.25) is 0 Å². The van der Waals surface area contributed by atoms with Crippen molar-refractivity contribution in [2.24, 2.45) is 0 Å². The van der Waals surface area contributed by atoms with Gasteiger partial charge in [0, 0.05) is 25.6 Å². The Morgan fingerprint density at radius 3 is 2.74 bits per heavy atom. The highest BCUT2D eigenvalue weighted by atomic mass is 16.5. The second-order valence-electron chi connectivity index (χ2n) is 5.51. The molecule has 2 aliphatic rings. The molecule has 0 saturated carbocycles. The van der Waals surface area contributed by atoms with Crippen molar-refractivity contribution in [3.8, 4) is 0 Å². The van der Waals surface area contributed by atoms with E-state index in [-0.39, 0.29) is 24.5 Å². The summed E-state index contributed by atoms with van der Waals surface area (Å²) in [4.78, 5) is 24.9. The van der Waals surface area contributed by atoms with Gasteiger partial charge in [-0.05, 0) is 38.5 Å². The molecule has 108 valence electrons. The van der Waals surface area contributed by atoms with Gasteiger partial charge in [-0.1, -0.05) is 0 Å². The first kappa shape index (κ1) is 14.3. The van der Waals surface area contributed by atoms with E-state index >= 15 is 0 Å². The van der Waals surface area contributed by atoms with Crippen molar-refractivity contribution in [3.63, 3.8) is 0 Å². The number of carboxylic acids is 1. The fourth-order valence-corrected chi connectivity index (χ4v) is 3.04. The molecule has 0 aliphatic carbocycles. The van der Waals surface area contributed by atoms with E-state index in [1.54, 1.807) is 0 Å². The van der Waals surface area contributed by atoms with Crippen LogP contribution in [-0.2, 0) is 14.3 Å². The van der Waals surface area contributed by atoms with Crippen molar-refractivity contribution in [2.45, 2.75) is 63.5 Å². The van der Waals surface area contributed by atoms with Crippen molar-refractivity contribution in [1.29, 1.82) is 0 Å². The number of nitrogens with zero attached hydrogens (tertiary/aromatic N) is 1. The van der Waals surface area contributed by atoms with E-state index in [0.29, 0.717) is 12.8 Å². The zero-order valence-corrected chi connectivity index (χ0v) is 11.3. The van der Waals surface area contributed by atoms with Crippen LogP contribution in [0.3, 0.4) is 0 Å². The smallest absolute Gasteiger partial charge is 0.303 e. The minimum Gasteiger partial charge on any atom is -0.481 e. The van der Waals surface area contributed by atoms with E-state index in [4.69, 9.17) is 9.84 Å². The molecule has 0 aromatic heterocycles. The monoisotopic (exact) mass is 269 g/mol. The summed E-state index contributed by atoms with van der Waals surface area (Å²) in [6.45, 7) is 1.54. The summed E-state index contributed by atoms with van der Waals surface area (Å²) in [7, 11) is 0. The summed E-state index contributed by atoms with van der Waals surface area (Å²) in [6.07, 6.45) is 6.33. The third-order valence-corrected chi connectivity index (χ3v) is 4.07. The van der Waals surface area contributed by atoms with E-state index < -0.39 is 5.97 Å². The number of rotatable bonds is 5. The SMILES string of the molecule is O=C(O)CC[C@@H]1CCCCN1C(=O)C[C@H]1CCCO1. The van der Waals surface area contributed by atoms with Gasteiger partial charge in [0.15, 0.2) is 0 Å². The third-order valence-electron chi connectivity index (χ3n) is 4.07. The van der Waals surface area contributed by atoms with Gasteiger partial charge in [-0.25, -0.2) is 0 Å². The van der Waals surface area contributed by atoms with Crippen molar-refractivity contribution in [1.82, 2.24) is 4.90 Å². The van der Waals surface area contributed by atoms with Crippen molar-refractivity contribution < 1.29 is 19.4 Å². The number of amides is 1. The Labute approximate surface area is 113 Å². The Kier molecular flexibility index (Phi) is 5.19. The molecular formula is C14H23NO4. The van der Waals surface area contributed by atoms with Crippen LogP contribution >= 0.6 is 0 Å². The first-order valence-corrected chi connectivity index (χ1v) is 7.29. The molecule has 0 aromatic carbocycles. The standard InChI is InChI=1S/C14H23NO4/c16-13(10-12-5-3-9-19-12)15-8-2-1-4-11(15)6-7-14(17)18/h11-12H,1-10H2,(H,17,18)/t11-,12+/m0/s1.